The highest BCUT2D eigenvalue weighted by Gasteiger charge is 2.38. The molecule has 1 aliphatic rings. The maximum absolute atomic E-state index is 9.21. The SMILES string of the molecule is C[C@]1(CO)OC[C@@H](O)[C@H](CO)O1. The number of hydrogen-bond acceptors (Lipinski definition) is 5. The van der Waals surface area contributed by atoms with Crippen LogP contribution in [-0.2, 0) is 9.47 Å². The zero-order valence-corrected chi connectivity index (χ0v) is 6.93. The molecule has 1 saturated heterocycles. The second-order valence-electron chi connectivity index (χ2n) is 3.01. The Morgan fingerprint density at radius 1 is 1.50 bits per heavy atom. The Hall–Kier alpha value is -0.200. The summed E-state index contributed by atoms with van der Waals surface area (Å²) in [4.78, 5) is 0. The molecule has 0 aliphatic carbocycles. The van der Waals surface area contributed by atoms with Crippen molar-refractivity contribution >= 4 is 0 Å². The Labute approximate surface area is 70.5 Å². The summed E-state index contributed by atoms with van der Waals surface area (Å²) in [6.07, 6.45) is -1.49. The van der Waals surface area contributed by atoms with E-state index in [9.17, 15) is 5.11 Å². The summed E-state index contributed by atoms with van der Waals surface area (Å²) in [7, 11) is 0. The molecule has 1 fully saturated rings. The summed E-state index contributed by atoms with van der Waals surface area (Å²) in [5.74, 6) is -1.09. The van der Waals surface area contributed by atoms with E-state index in [-0.39, 0.29) is 19.8 Å². The van der Waals surface area contributed by atoms with E-state index in [1.54, 1.807) is 6.92 Å². The van der Waals surface area contributed by atoms with Crippen LogP contribution in [-0.4, -0.2) is 53.1 Å². The molecule has 0 bridgehead atoms. The van der Waals surface area contributed by atoms with E-state index < -0.39 is 18.0 Å². The van der Waals surface area contributed by atoms with Gasteiger partial charge in [-0.3, -0.25) is 0 Å². The summed E-state index contributed by atoms with van der Waals surface area (Å²) >= 11 is 0. The fraction of sp³-hybridized carbons (Fsp3) is 1.00. The van der Waals surface area contributed by atoms with Gasteiger partial charge in [0.1, 0.15) is 12.2 Å². The Morgan fingerprint density at radius 3 is 2.67 bits per heavy atom. The first-order valence-electron chi connectivity index (χ1n) is 3.83. The minimum atomic E-state index is -1.09. The highest BCUT2D eigenvalue weighted by atomic mass is 16.7. The highest BCUT2D eigenvalue weighted by molar-refractivity contribution is 4.78. The van der Waals surface area contributed by atoms with Gasteiger partial charge in [0.05, 0.1) is 19.8 Å². The van der Waals surface area contributed by atoms with Crippen molar-refractivity contribution in [3.8, 4) is 0 Å². The van der Waals surface area contributed by atoms with Gasteiger partial charge in [0, 0.05) is 0 Å². The third-order valence-corrected chi connectivity index (χ3v) is 1.86. The third-order valence-electron chi connectivity index (χ3n) is 1.86. The molecule has 1 heterocycles. The molecule has 0 saturated carbocycles. The lowest BCUT2D eigenvalue weighted by Crippen LogP contribution is -2.53. The van der Waals surface area contributed by atoms with Gasteiger partial charge in [0.15, 0.2) is 5.79 Å². The minimum absolute atomic E-state index is 0.0717. The molecule has 0 spiro atoms. The Bertz CT molecular complexity index is 151. The van der Waals surface area contributed by atoms with E-state index >= 15 is 0 Å². The summed E-state index contributed by atoms with van der Waals surface area (Å²) in [5.41, 5.74) is 0. The largest absolute Gasteiger partial charge is 0.394 e. The van der Waals surface area contributed by atoms with E-state index in [2.05, 4.69) is 0 Å². The number of rotatable bonds is 2. The molecule has 0 unspecified atom stereocenters. The van der Waals surface area contributed by atoms with Crippen LogP contribution in [0.2, 0.25) is 0 Å². The van der Waals surface area contributed by atoms with Crippen LogP contribution < -0.4 is 0 Å². The maximum atomic E-state index is 9.21. The van der Waals surface area contributed by atoms with E-state index in [1.165, 1.54) is 0 Å². The van der Waals surface area contributed by atoms with Crippen LogP contribution in [0.5, 0.6) is 0 Å². The Kier molecular flexibility index (Phi) is 3.03. The van der Waals surface area contributed by atoms with Crippen LogP contribution in [0, 0.1) is 0 Å². The molecule has 5 heteroatoms. The average Bonchev–Trinajstić information content (AvgIpc) is 2.10. The van der Waals surface area contributed by atoms with Gasteiger partial charge in [-0.25, -0.2) is 0 Å². The van der Waals surface area contributed by atoms with Crippen LogP contribution >= 0.6 is 0 Å². The standard InChI is InChI=1S/C7H14O5/c1-7(4-9)11-3-5(10)6(2-8)12-7/h5-6,8-10H,2-4H2,1H3/t5-,6+,7+/m1/s1. The predicted molar refractivity (Wildman–Crippen MR) is 39.4 cm³/mol. The molecule has 12 heavy (non-hydrogen) atoms. The van der Waals surface area contributed by atoms with Crippen molar-refractivity contribution in [1.29, 1.82) is 0 Å². The van der Waals surface area contributed by atoms with Gasteiger partial charge < -0.3 is 24.8 Å². The quantitative estimate of drug-likeness (QED) is 0.478. The second kappa shape index (κ2) is 3.68. The lowest BCUT2D eigenvalue weighted by atomic mass is 10.2. The first kappa shape index (κ1) is 9.88. The molecule has 1 rings (SSSR count). The van der Waals surface area contributed by atoms with Crippen molar-refractivity contribution in [2.75, 3.05) is 19.8 Å². The first-order valence-corrected chi connectivity index (χ1v) is 3.83. The Morgan fingerprint density at radius 2 is 2.17 bits per heavy atom. The number of ether oxygens (including phenoxy) is 2. The molecule has 72 valence electrons. The maximum Gasteiger partial charge on any atom is 0.189 e. The van der Waals surface area contributed by atoms with E-state index in [1.807, 2.05) is 0 Å². The van der Waals surface area contributed by atoms with Crippen LogP contribution in [0.3, 0.4) is 0 Å². The summed E-state index contributed by atoms with van der Waals surface area (Å²) < 4.78 is 10.1. The number of hydrogen-bond donors (Lipinski definition) is 3. The number of aliphatic hydroxyl groups excluding tert-OH is 3. The highest BCUT2D eigenvalue weighted by Crippen LogP contribution is 2.22. The molecule has 0 aromatic carbocycles. The topological polar surface area (TPSA) is 79.2 Å². The predicted octanol–water partition coefficient (Wildman–Crippen LogP) is -1.54. The molecule has 0 amide bonds. The van der Waals surface area contributed by atoms with Crippen molar-refractivity contribution in [3.05, 3.63) is 0 Å². The summed E-state index contributed by atoms with van der Waals surface area (Å²) in [5, 5.41) is 26.8. The lowest BCUT2D eigenvalue weighted by Gasteiger charge is -2.39. The second-order valence-corrected chi connectivity index (χ2v) is 3.01. The smallest absolute Gasteiger partial charge is 0.189 e. The van der Waals surface area contributed by atoms with Gasteiger partial charge in [-0.05, 0) is 6.92 Å². The van der Waals surface area contributed by atoms with Crippen LogP contribution in [0.4, 0.5) is 0 Å². The van der Waals surface area contributed by atoms with Gasteiger partial charge in [-0.2, -0.15) is 0 Å². The van der Waals surface area contributed by atoms with Gasteiger partial charge >= 0.3 is 0 Å². The lowest BCUT2D eigenvalue weighted by molar-refractivity contribution is -0.327. The van der Waals surface area contributed by atoms with Gasteiger partial charge in [-0.1, -0.05) is 0 Å². The zero-order valence-electron chi connectivity index (χ0n) is 6.93. The minimum Gasteiger partial charge on any atom is -0.394 e. The van der Waals surface area contributed by atoms with Crippen molar-refractivity contribution in [2.24, 2.45) is 0 Å². The third kappa shape index (κ3) is 1.94. The van der Waals surface area contributed by atoms with Crippen molar-refractivity contribution in [2.45, 2.75) is 24.9 Å². The fourth-order valence-corrected chi connectivity index (χ4v) is 1.04. The molecule has 0 aromatic rings. The van der Waals surface area contributed by atoms with Crippen LogP contribution in [0.1, 0.15) is 6.92 Å². The molecule has 0 aromatic heterocycles. The fourth-order valence-electron chi connectivity index (χ4n) is 1.04. The van der Waals surface area contributed by atoms with Gasteiger partial charge in [0.2, 0.25) is 0 Å². The Balaban J connectivity index is 2.55. The van der Waals surface area contributed by atoms with Gasteiger partial charge in [-0.15, -0.1) is 0 Å². The van der Waals surface area contributed by atoms with Crippen molar-refractivity contribution in [1.82, 2.24) is 0 Å². The molecule has 3 atom stereocenters. The van der Waals surface area contributed by atoms with E-state index in [0.29, 0.717) is 0 Å². The molecule has 5 nitrogen and oxygen atoms in total. The summed E-state index contributed by atoms with van der Waals surface area (Å²) in [6, 6.07) is 0. The molecule has 0 radical (unpaired) electrons. The van der Waals surface area contributed by atoms with Crippen molar-refractivity contribution < 1.29 is 24.8 Å². The van der Waals surface area contributed by atoms with E-state index in [0.717, 1.165) is 0 Å². The molecule has 3 N–H and O–H groups in total. The molecular weight excluding hydrogens is 164 g/mol. The van der Waals surface area contributed by atoms with E-state index in [4.69, 9.17) is 19.7 Å². The van der Waals surface area contributed by atoms with Crippen molar-refractivity contribution in [3.63, 3.8) is 0 Å². The summed E-state index contributed by atoms with van der Waals surface area (Å²) in [6.45, 7) is 1.06. The van der Waals surface area contributed by atoms with Crippen LogP contribution in [0.15, 0.2) is 0 Å². The normalized spacial score (nSPS) is 43.0. The monoisotopic (exact) mass is 178 g/mol. The first-order chi connectivity index (χ1) is 5.61. The average molecular weight is 178 g/mol. The molecular formula is C7H14O5. The van der Waals surface area contributed by atoms with Crippen LogP contribution in [0.25, 0.3) is 0 Å². The number of aliphatic hydroxyl groups is 3. The zero-order chi connectivity index (χ0) is 9.19. The van der Waals surface area contributed by atoms with Gasteiger partial charge in [0.25, 0.3) is 0 Å². The molecule has 1 aliphatic heterocycles.